The first-order valence-corrected chi connectivity index (χ1v) is 5.35. The van der Waals surface area contributed by atoms with Crippen molar-refractivity contribution in [3.63, 3.8) is 0 Å². The summed E-state index contributed by atoms with van der Waals surface area (Å²) in [7, 11) is 1.73. The molecule has 1 aliphatic heterocycles. The molecule has 1 atom stereocenters. The number of anilines is 1. The molecule has 1 heterocycles. The first-order chi connectivity index (χ1) is 7.31. The van der Waals surface area contributed by atoms with Crippen molar-refractivity contribution in [3.8, 4) is 5.75 Å². The van der Waals surface area contributed by atoms with Gasteiger partial charge in [0.05, 0.1) is 5.69 Å². The second-order valence-corrected chi connectivity index (χ2v) is 4.04. The average molecular weight is 207 g/mol. The summed E-state index contributed by atoms with van der Waals surface area (Å²) in [5.74, 6) is 0.969. The highest BCUT2D eigenvalue weighted by Crippen LogP contribution is 2.33. The van der Waals surface area contributed by atoms with Crippen LogP contribution in [-0.2, 0) is 11.2 Å². The van der Waals surface area contributed by atoms with Crippen molar-refractivity contribution in [3.05, 3.63) is 23.8 Å². The minimum atomic E-state index is 0.359. The highest BCUT2D eigenvalue weighted by atomic mass is 16.5. The van der Waals surface area contributed by atoms with E-state index in [1.165, 1.54) is 5.56 Å². The molecule has 1 aromatic carbocycles. The lowest BCUT2D eigenvalue weighted by atomic mass is 9.91. The lowest BCUT2D eigenvalue weighted by molar-refractivity contribution is 0.178. The number of para-hydroxylation sites is 1. The van der Waals surface area contributed by atoms with Crippen molar-refractivity contribution in [2.75, 3.05) is 25.6 Å². The molecule has 0 bridgehead atoms. The maximum absolute atomic E-state index is 9.63. The predicted octanol–water partition coefficient (Wildman–Crippen LogP) is 2.01. The number of benzene rings is 1. The molecule has 1 unspecified atom stereocenters. The number of phenolic OH excluding ortho intramolecular Hbond substituents is 1. The quantitative estimate of drug-likeness (QED) is 0.745. The zero-order chi connectivity index (χ0) is 10.7. The minimum absolute atomic E-state index is 0.359. The van der Waals surface area contributed by atoms with Gasteiger partial charge in [0, 0.05) is 20.3 Å². The van der Waals surface area contributed by atoms with Gasteiger partial charge in [-0.3, -0.25) is 0 Å². The van der Waals surface area contributed by atoms with Crippen molar-refractivity contribution >= 4 is 5.69 Å². The van der Waals surface area contributed by atoms with Crippen LogP contribution in [0.3, 0.4) is 0 Å². The van der Waals surface area contributed by atoms with Gasteiger partial charge in [-0.15, -0.1) is 0 Å². The van der Waals surface area contributed by atoms with Crippen LogP contribution in [0.25, 0.3) is 0 Å². The second-order valence-electron chi connectivity index (χ2n) is 4.04. The number of aromatic hydroxyl groups is 1. The average Bonchev–Trinajstić information content (AvgIpc) is 2.26. The lowest BCUT2D eigenvalue weighted by Crippen LogP contribution is -2.24. The van der Waals surface area contributed by atoms with Crippen LogP contribution in [0.1, 0.15) is 12.0 Å². The van der Waals surface area contributed by atoms with Gasteiger partial charge in [0.1, 0.15) is 5.75 Å². The zero-order valence-electron chi connectivity index (χ0n) is 8.99. The summed E-state index contributed by atoms with van der Waals surface area (Å²) in [4.78, 5) is 0. The van der Waals surface area contributed by atoms with Gasteiger partial charge in [-0.25, -0.2) is 0 Å². The van der Waals surface area contributed by atoms with Gasteiger partial charge in [-0.2, -0.15) is 0 Å². The first-order valence-electron chi connectivity index (χ1n) is 5.35. The van der Waals surface area contributed by atoms with Crippen LogP contribution in [0.4, 0.5) is 5.69 Å². The predicted molar refractivity (Wildman–Crippen MR) is 60.3 cm³/mol. The smallest absolute Gasteiger partial charge is 0.138 e. The standard InChI is InChI=1S/C12H17NO2/c1-15-6-5-9-7-10-3-2-4-11(14)12(10)13-8-9/h2-4,9,13-14H,5-8H2,1H3. The fourth-order valence-corrected chi connectivity index (χ4v) is 2.08. The third kappa shape index (κ3) is 2.23. The van der Waals surface area contributed by atoms with Gasteiger partial charge in [0.25, 0.3) is 0 Å². The van der Waals surface area contributed by atoms with Gasteiger partial charge < -0.3 is 15.2 Å². The van der Waals surface area contributed by atoms with E-state index in [1.54, 1.807) is 13.2 Å². The SMILES string of the molecule is COCCC1CNc2c(O)cccc2C1. The molecule has 0 fully saturated rings. The minimum Gasteiger partial charge on any atom is -0.506 e. The van der Waals surface area contributed by atoms with Crippen LogP contribution in [0.5, 0.6) is 5.75 Å². The third-order valence-corrected chi connectivity index (χ3v) is 2.94. The van der Waals surface area contributed by atoms with Crippen LogP contribution < -0.4 is 5.32 Å². The molecule has 1 aromatic rings. The molecule has 2 rings (SSSR count). The number of hydrogen-bond donors (Lipinski definition) is 2. The van der Waals surface area contributed by atoms with Crippen LogP contribution in [0, 0.1) is 5.92 Å². The molecular formula is C12H17NO2. The van der Waals surface area contributed by atoms with E-state index in [4.69, 9.17) is 4.74 Å². The number of methoxy groups -OCH3 is 1. The van der Waals surface area contributed by atoms with E-state index in [1.807, 2.05) is 6.07 Å². The summed E-state index contributed by atoms with van der Waals surface area (Å²) in [5.41, 5.74) is 2.12. The molecule has 3 heteroatoms. The van der Waals surface area contributed by atoms with Crippen LogP contribution in [-0.4, -0.2) is 25.4 Å². The number of hydrogen-bond acceptors (Lipinski definition) is 3. The molecule has 0 spiro atoms. The monoisotopic (exact) mass is 207 g/mol. The van der Waals surface area contributed by atoms with E-state index >= 15 is 0 Å². The molecule has 3 nitrogen and oxygen atoms in total. The highest BCUT2D eigenvalue weighted by Gasteiger charge is 2.19. The van der Waals surface area contributed by atoms with E-state index in [0.29, 0.717) is 11.7 Å². The molecule has 2 N–H and O–H groups in total. The fraction of sp³-hybridized carbons (Fsp3) is 0.500. The van der Waals surface area contributed by atoms with E-state index in [9.17, 15) is 5.11 Å². The molecule has 15 heavy (non-hydrogen) atoms. The number of fused-ring (bicyclic) bond motifs is 1. The fourth-order valence-electron chi connectivity index (χ4n) is 2.08. The summed E-state index contributed by atoms with van der Waals surface area (Å²) in [6.07, 6.45) is 2.10. The Morgan fingerprint density at radius 2 is 2.40 bits per heavy atom. The van der Waals surface area contributed by atoms with Crippen molar-refractivity contribution in [1.82, 2.24) is 0 Å². The summed E-state index contributed by atoms with van der Waals surface area (Å²) in [5, 5.41) is 12.9. The number of nitrogens with one attached hydrogen (secondary N) is 1. The third-order valence-electron chi connectivity index (χ3n) is 2.94. The molecule has 1 aliphatic rings. The Bertz CT molecular complexity index is 338. The van der Waals surface area contributed by atoms with E-state index in [0.717, 1.165) is 31.7 Å². The highest BCUT2D eigenvalue weighted by molar-refractivity contribution is 5.62. The van der Waals surface area contributed by atoms with Crippen molar-refractivity contribution in [2.45, 2.75) is 12.8 Å². The van der Waals surface area contributed by atoms with E-state index in [-0.39, 0.29) is 0 Å². The molecular weight excluding hydrogens is 190 g/mol. The molecule has 0 aromatic heterocycles. The summed E-state index contributed by atoms with van der Waals surface area (Å²) < 4.78 is 5.08. The van der Waals surface area contributed by atoms with Crippen LogP contribution in [0.2, 0.25) is 0 Å². The Morgan fingerprint density at radius 3 is 3.20 bits per heavy atom. The van der Waals surface area contributed by atoms with E-state index < -0.39 is 0 Å². The summed E-state index contributed by atoms with van der Waals surface area (Å²) >= 11 is 0. The molecule has 0 radical (unpaired) electrons. The van der Waals surface area contributed by atoms with Crippen LogP contribution >= 0.6 is 0 Å². The maximum atomic E-state index is 9.63. The maximum Gasteiger partial charge on any atom is 0.138 e. The summed E-state index contributed by atoms with van der Waals surface area (Å²) in [6.45, 7) is 1.73. The number of ether oxygens (including phenoxy) is 1. The van der Waals surface area contributed by atoms with Crippen molar-refractivity contribution in [2.24, 2.45) is 5.92 Å². The molecule has 0 saturated carbocycles. The molecule has 0 amide bonds. The topological polar surface area (TPSA) is 41.5 Å². The van der Waals surface area contributed by atoms with E-state index in [2.05, 4.69) is 11.4 Å². The second kappa shape index (κ2) is 4.53. The zero-order valence-corrected chi connectivity index (χ0v) is 8.99. The Labute approximate surface area is 90.1 Å². The van der Waals surface area contributed by atoms with Crippen molar-refractivity contribution < 1.29 is 9.84 Å². The van der Waals surface area contributed by atoms with Gasteiger partial charge in [0.2, 0.25) is 0 Å². The normalized spacial score (nSPS) is 19.4. The van der Waals surface area contributed by atoms with Crippen LogP contribution in [0.15, 0.2) is 18.2 Å². The molecule has 82 valence electrons. The largest absolute Gasteiger partial charge is 0.506 e. The molecule has 0 aliphatic carbocycles. The number of rotatable bonds is 3. The number of phenols is 1. The van der Waals surface area contributed by atoms with Gasteiger partial charge in [-0.05, 0) is 30.4 Å². The van der Waals surface area contributed by atoms with Crippen molar-refractivity contribution in [1.29, 1.82) is 0 Å². The Morgan fingerprint density at radius 1 is 1.53 bits per heavy atom. The Hall–Kier alpha value is -1.22. The van der Waals surface area contributed by atoms with Gasteiger partial charge in [0.15, 0.2) is 0 Å². The first kappa shape index (κ1) is 10.3. The van der Waals surface area contributed by atoms with Gasteiger partial charge >= 0.3 is 0 Å². The Kier molecular flexibility index (Phi) is 3.11. The lowest BCUT2D eigenvalue weighted by Gasteiger charge is -2.26. The Balaban J connectivity index is 2.07. The molecule has 0 saturated heterocycles. The van der Waals surface area contributed by atoms with Gasteiger partial charge in [-0.1, -0.05) is 12.1 Å². The summed E-state index contributed by atoms with van der Waals surface area (Å²) in [6, 6.07) is 5.69.